The minimum Gasteiger partial charge on any atom is -0.381 e. The van der Waals surface area contributed by atoms with Gasteiger partial charge in [0, 0.05) is 13.0 Å². The molecule has 0 radical (unpaired) electrons. The lowest BCUT2D eigenvalue weighted by Gasteiger charge is -2.32. The molecule has 0 saturated heterocycles. The zero-order chi connectivity index (χ0) is 12.3. The lowest BCUT2D eigenvalue weighted by atomic mass is 9.73. The largest absolute Gasteiger partial charge is 0.381 e. The molecule has 2 rings (SSSR count). The molecule has 2 saturated carbocycles. The molecule has 0 aromatic rings. The number of rotatable bonds is 4. The second-order valence-electron chi connectivity index (χ2n) is 5.76. The van der Waals surface area contributed by atoms with Crippen molar-refractivity contribution in [3.8, 4) is 0 Å². The first-order valence-corrected chi connectivity index (χ1v) is 7.04. The molecule has 3 heteroatoms. The molecule has 0 aromatic carbocycles. The monoisotopic (exact) mass is 239 g/mol. The fourth-order valence-electron chi connectivity index (χ4n) is 3.86. The SMILES string of the molecule is CO[C@H]1CC[C@H](C(C(N)=O)C2CCCCC2)C1. The van der Waals surface area contributed by atoms with Crippen LogP contribution in [0.1, 0.15) is 51.4 Å². The van der Waals surface area contributed by atoms with Gasteiger partial charge in [0.05, 0.1) is 6.10 Å². The molecule has 2 aliphatic rings. The van der Waals surface area contributed by atoms with Gasteiger partial charge in [0.25, 0.3) is 0 Å². The number of ether oxygens (including phenoxy) is 1. The summed E-state index contributed by atoms with van der Waals surface area (Å²) in [5, 5.41) is 0. The van der Waals surface area contributed by atoms with Crippen molar-refractivity contribution in [2.75, 3.05) is 7.11 Å². The first-order chi connectivity index (χ1) is 8.22. The summed E-state index contributed by atoms with van der Waals surface area (Å²) in [4.78, 5) is 11.8. The van der Waals surface area contributed by atoms with E-state index in [0.29, 0.717) is 17.9 Å². The van der Waals surface area contributed by atoms with Crippen LogP contribution in [-0.2, 0) is 9.53 Å². The molecule has 2 aliphatic carbocycles. The summed E-state index contributed by atoms with van der Waals surface area (Å²) < 4.78 is 5.41. The number of carbonyl (C=O) groups excluding carboxylic acids is 1. The average Bonchev–Trinajstić information content (AvgIpc) is 2.79. The van der Waals surface area contributed by atoms with E-state index in [1.165, 1.54) is 32.1 Å². The summed E-state index contributed by atoms with van der Waals surface area (Å²) >= 11 is 0. The molecule has 98 valence electrons. The van der Waals surface area contributed by atoms with E-state index in [4.69, 9.17) is 10.5 Å². The summed E-state index contributed by atoms with van der Waals surface area (Å²) in [5.41, 5.74) is 5.65. The Morgan fingerprint density at radius 2 is 1.82 bits per heavy atom. The van der Waals surface area contributed by atoms with E-state index in [1.807, 2.05) is 0 Å². The molecular weight excluding hydrogens is 214 g/mol. The number of carbonyl (C=O) groups is 1. The van der Waals surface area contributed by atoms with Crippen LogP contribution in [0.4, 0.5) is 0 Å². The molecule has 0 aliphatic heterocycles. The highest BCUT2D eigenvalue weighted by molar-refractivity contribution is 5.77. The van der Waals surface area contributed by atoms with Crippen molar-refractivity contribution in [2.24, 2.45) is 23.5 Å². The molecule has 0 spiro atoms. The third kappa shape index (κ3) is 3.01. The highest BCUT2D eigenvalue weighted by atomic mass is 16.5. The van der Waals surface area contributed by atoms with E-state index in [1.54, 1.807) is 7.11 Å². The van der Waals surface area contributed by atoms with Crippen molar-refractivity contribution in [2.45, 2.75) is 57.5 Å². The van der Waals surface area contributed by atoms with E-state index >= 15 is 0 Å². The molecule has 1 amide bonds. The van der Waals surface area contributed by atoms with Crippen molar-refractivity contribution in [1.29, 1.82) is 0 Å². The van der Waals surface area contributed by atoms with Crippen molar-refractivity contribution < 1.29 is 9.53 Å². The first kappa shape index (κ1) is 12.9. The standard InChI is InChI=1S/C14H25NO2/c1-17-12-8-7-11(9-12)13(14(15)16)10-5-3-2-4-6-10/h10-13H,2-9H2,1H3,(H2,15,16)/t11-,12-,13?/m0/s1. The van der Waals surface area contributed by atoms with Gasteiger partial charge >= 0.3 is 0 Å². The molecule has 1 unspecified atom stereocenters. The molecule has 2 fully saturated rings. The highest BCUT2D eigenvalue weighted by Crippen LogP contribution is 2.41. The molecule has 17 heavy (non-hydrogen) atoms. The Bertz CT molecular complexity index is 261. The summed E-state index contributed by atoms with van der Waals surface area (Å²) in [6, 6.07) is 0. The van der Waals surface area contributed by atoms with Crippen LogP contribution in [-0.4, -0.2) is 19.1 Å². The predicted octanol–water partition coefficient (Wildman–Crippen LogP) is 2.48. The van der Waals surface area contributed by atoms with Crippen LogP contribution in [0.3, 0.4) is 0 Å². The minimum atomic E-state index is -0.0707. The number of hydrogen-bond acceptors (Lipinski definition) is 2. The van der Waals surface area contributed by atoms with Crippen molar-refractivity contribution >= 4 is 5.91 Å². The summed E-state index contributed by atoms with van der Waals surface area (Å²) in [7, 11) is 1.77. The summed E-state index contributed by atoms with van der Waals surface area (Å²) in [5.74, 6) is 1.05. The van der Waals surface area contributed by atoms with Gasteiger partial charge in [-0.25, -0.2) is 0 Å². The van der Waals surface area contributed by atoms with Gasteiger partial charge in [0.15, 0.2) is 0 Å². The van der Waals surface area contributed by atoms with Gasteiger partial charge in [-0.15, -0.1) is 0 Å². The number of primary amides is 1. The third-order valence-electron chi connectivity index (χ3n) is 4.75. The van der Waals surface area contributed by atoms with Gasteiger partial charge in [-0.3, -0.25) is 4.79 Å². The maximum absolute atomic E-state index is 11.8. The number of hydrogen-bond donors (Lipinski definition) is 1. The second kappa shape index (κ2) is 5.85. The van der Waals surface area contributed by atoms with Crippen molar-refractivity contribution in [3.63, 3.8) is 0 Å². The van der Waals surface area contributed by atoms with E-state index in [0.717, 1.165) is 19.3 Å². The van der Waals surface area contributed by atoms with Crippen LogP contribution >= 0.6 is 0 Å². The highest BCUT2D eigenvalue weighted by Gasteiger charge is 2.38. The quantitative estimate of drug-likeness (QED) is 0.819. The molecule has 2 N–H and O–H groups in total. The fraction of sp³-hybridized carbons (Fsp3) is 0.929. The third-order valence-corrected chi connectivity index (χ3v) is 4.75. The minimum absolute atomic E-state index is 0.0707. The Kier molecular flexibility index (Phi) is 4.43. The maximum atomic E-state index is 11.8. The molecule has 0 aromatic heterocycles. The summed E-state index contributed by atoms with van der Waals surface area (Å²) in [6.07, 6.45) is 9.85. The normalized spacial score (nSPS) is 32.5. The van der Waals surface area contributed by atoms with Crippen LogP contribution in [0, 0.1) is 17.8 Å². The number of nitrogens with two attached hydrogens (primary N) is 1. The fourth-order valence-corrected chi connectivity index (χ4v) is 3.86. The van der Waals surface area contributed by atoms with Crippen LogP contribution < -0.4 is 5.73 Å². The lowest BCUT2D eigenvalue weighted by Crippen LogP contribution is -2.36. The Balaban J connectivity index is 1.99. The zero-order valence-corrected chi connectivity index (χ0v) is 10.9. The smallest absolute Gasteiger partial charge is 0.221 e. The molecular formula is C14H25NO2. The zero-order valence-electron chi connectivity index (χ0n) is 10.9. The Morgan fingerprint density at radius 1 is 1.12 bits per heavy atom. The van der Waals surface area contributed by atoms with E-state index < -0.39 is 0 Å². The van der Waals surface area contributed by atoms with Crippen LogP contribution in [0.15, 0.2) is 0 Å². The first-order valence-electron chi connectivity index (χ1n) is 7.04. The Labute approximate surface area is 104 Å². The van der Waals surface area contributed by atoms with E-state index in [2.05, 4.69) is 0 Å². The van der Waals surface area contributed by atoms with Gasteiger partial charge < -0.3 is 10.5 Å². The van der Waals surface area contributed by atoms with Crippen LogP contribution in [0.2, 0.25) is 0 Å². The maximum Gasteiger partial charge on any atom is 0.221 e. The van der Waals surface area contributed by atoms with Gasteiger partial charge in [-0.1, -0.05) is 19.3 Å². The van der Waals surface area contributed by atoms with Crippen molar-refractivity contribution in [3.05, 3.63) is 0 Å². The van der Waals surface area contributed by atoms with E-state index in [-0.39, 0.29) is 11.8 Å². The predicted molar refractivity (Wildman–Crippen MR) is 67.4 cm³/mol. The van der Waals surface area contributed by atoms with E-state index in [9.17, 15) is 4.79 Å². The average molecular weight is 239 g/mol. The molecule has 3 nitrogen and oxygen atoms in total. The molecule has 0 bridgehead atoms. The Hall–Kier alpha value is -0.570. The van der Waals surface area contributed by atoms with Crippen LogP contribution in [0.5, 0.6) is 0 Å². The lowest BCUT2D eigenvalue weighted by molar-refractivity contribution is -0.126. The summed E-state index contributed by atoms with van der Waals surface area (Å²) in [6.45, 7) is 0. The van der Waals surface area contributed by atoms with Gasteiger partial charge in [0.2, 0.25) is 5.91 Å². The topological polar surface area (TPSA) is 52.3 Å². The van der Waals surface area contributed by atoms with Crippen molar-refractivity contribution in [1.82, 2.24) is 0 Å². The Morgan fingerprint density at radius 3 is 2.35 bits per heavy atom. The number of amides is 1. The van der Waals surface area contributed by atoms with Gasteiger partial charge in [-0.2, -0.15) is 0 Å². The molecule has 0 heterocycles. The second-order valence-corrected chi connectivity index (χ2v) is 5.76. The van der Waals surface area contributed by atoms with Gasteiger partial charge in [-0.05, 0) is 43.9 Å². The number of methoxy groups -OCH3 is 1. The van der Waals surface area contributed by atoms with Gasteiger partial charge in [0.1, 0.15) is 0 Å². The molecule has 3 atom stereocenters. The van der Waals surface area contributed by atoms with Crippen LogP contribution in [0.25, 0.3) is 0 Å².